The predicted octanol–water partition coefficient (Wildman–Crippen LogP) is 3.99. The van der Waals surface area contributed by atoms with Crippen molar-refractivity contribution in [1.82, 2.24) is 0 Å². The van der Waals surface area contributed by atoms with E-state index in [0.717, 1.165) is 16.8 Å². The molecule has 1 N–H and O–H groups in total. The van der Waals surface area contributed by atoms with Gasteiger partial charge in [-0.05, 0) is 45.4 Å². The highest BCUT2D eigenvalue weighted by Crippen LogP contribution is 2.26. The minimum atomic E-state index is -0.894. The summed E-state index contributed by atoms with van der Waals surface area (Å²) in [4.78, 5) is 25.5. The van der Waals surface area contributed by atoms with Crippen LogP contribution < -0.4 is 5.32 Å². The highest BCUT2D eigenvalue weighted by molar-refractivity contribution is 5.90. The Labute approximate surface area is 160 Å². The van der Waals surface area contributed by atoms with Gasteiger partial charge in [-0.15, -0.1) is 0 Å². The fourth-order valence-corrected chi connectivity index (χ4v) is 2.81. The molecule has 2 atom stereocenters. The normalized spacial score (nSPS) is 12.7. The third-order valence-corrected chi connectivity index (χ3v) is 4.22. The van der Waals surface area contributed by atoms with Crippen LogP contribution in [0.5, 0.6) is 0 Å². The maximum atomic E-state index is 12.8. The van der Waals surface area contributed by atoms with E-state index in [4.69, 9.17) is 9.47 Å². The number of aryl methyl sites for hydroxylation is 2. The zero-order valence-electron chi connectivity index (χ0n) is 16.3. The molecule has 27 heavy (non-hydrogen) atoms. The molecule has 0 aromatic heterocycles. The molecule has 2 aromatic carbocycles. The quantitative estimate of drug-likeness (QED) is 0.713. The number of rotatable bonds is 8. The van der Waals surface area contributed by atoms with Gasteiger partial charge in [0, 0.05) is 5.69 Å². The summed E-state index contributed by atoms with van der Waals surface area (Å²) < 4.78 is 10.5. The molecule has 0 bridgehead atoms. The lowest BCUT2D eigenvalue weighted by Crippen LogP contribution is -2.41. The molecule has 2 unspecified atom stereocenters. The Bertz CT molecular complexity index is 753. The number of ether oxygens (including phenoxy) is 2. The maximum Gasteiger partial charge on any atom is 0.329 e. The largest absolute Gasteiger partial charge is 0.465 e. The lowest BCUT2D eigenvalue weighted by molar-refractivity contribution is -0.152. The maximum absolute atomic E-state index is 12.8. The van der Waals surface area contributed by atoms with Crippen molar-refractivity contribution in [2.75, 3.05) is 18.5 Å². The van der Waals surface area contributed by atoms with E-state index in [1.54, 1.807) is 13.8 Å². The average molecular weight is 369 g/mol. The van der Waals surface area contributed by atoms with Crippen LogP contribution in [0.4, 0.5) is 5.69 Å². The summed E-state index contributed by atoms with van der Waals surface area (Å²) in [5.41, 5.74) is 3.62. The molecule has 0 saturated heterocycles. The van der Waals surface area contributed by atoms with E-state index >= 15 is 0 Å². The molecule has 5 nitrogen and oxygen atoms in total. The minimum absolute atomic E-state index is 0.231. The first kappa shape index (κ1) is 20.5. The van der Waals surface area contributed by atoms with Gasteiger partial charge in [-0.3, -0.25) is 4.79 Å². The fourth-order valence-electron chi connectivity index (χ4n) is 2.81. The molecule has 0 aliphatic rings. The van der Waals surface area contributed by atoms with E-state index < -0.39 is 23.9 Å². The molecule has 0 spiro atoms. The molecule has 0 saturated carbocycles. The zero-order chi connectivity index (χ0) is 19.8. The van der Waals surface area contributed by atoms with Crippen molar-refractivity contribution in [2.45, 2.75) is 39.7 Å². The van der Waals surface area contributed by atoms with E-state index in [2.05, 4.69) is 5.32 Å². The molecular formula is C22H27NO4. The highest BCUT2D eigenvalue weighted by Gasteiger charge is 2.37. The molecular weight excluding hydrogens is 342 g/mol. The number of benzene rings is 2. The third-order valence-electron chi connectivity index (χ3n) is 4.22. The Balaban J connectivity index is 2.43. The molecule has 0 aliphatic heterocycles. The van der Waals surface area contributed by atoms with Crippen molar-refractivity contribution in [3.05, 3.63) is 65.2 Å². The molecule has 2 aromatic rings. The molecule has 144 valence electrons. The lowest BCUT2D eigenvalue weighted by atomic mass is 9.90. The summed E-state index contributed by atoms with van der Waals surface area (Å²) in [5, 5.41) is 3.17. The van der Waals surface area contributed by atoms with Gasteiger partial charge < -0.3 is 14.8 Å². The Morgan fingerprint density at radius 3 is 1.81 bits per heavy atom. The smallest absolute Gasteiger partial charge is 0.329 e. The van der Waals surface area contributed by atoms with Gasteiger partial charge in [0.1, 0.15) is 12.0 Å². The monoisotopic (exact) mass is 369 g/mol. The van der Waals surface area contributed by atoms with E-state index in [-0.39, 0.29) is 13.2 Å². The van der Waals surface area contributed by atoms with Crippen LogP contribution in [0.25, 0.3) is 0 Å². The van der Waals surface area contributed by atoms with Crippen molar-refractivity contribution < 1.29 is 19.1 Å². The van der Waals surface area contributed by atoms with Gasteiger partial charge >= 0.3 is 11.9 Å². The first-order valence-electron chi connectivity index (χ1n) is 9.19. The van der Waals surface area contributed by atoms with Gasteiger partial charge in [0.2, 0.25) is 0 Å². The number of hydrogen-bond donors (Lipinski definition) is 1. The minimum Gasteiger partial charge on any atom is -0.465 e. The van der Waals surface area contributed by atoms with Crippen LogP contribution in [0.2, 0.25) is 0 Å². The first-order valence-corrected chi connectivity index (χ1v) is 9.19. The summed E-state index contributed by atoms with van der Waals surface area (Å²) in [5.74, 6) is -1.76. The number of esters is 2. The van der Waals surface area contributed by atoms with Gasteiger partial charge in [-0.2, -0.15) is 0 Å². The summed E-state index contributed by atoms with van der Waals surface area (Å²) in [6.45, 7) is 7.91. The van der Waals surface area contributed by atoms with Crippen LogP contribution in [-0.2, 0) is 19.1 Å². The number of hydrogen-bond acceptors (Lipinski definition) is 5. The molecule has 5 heteroatoms. The second-order valence-corrected chi connectivity index (χ2v) is 6.38. The standard InChI is InChI=1S/C22H27NO4/c1-5-26-21(24)19(17-11-7-15(3)8-12-17)20(22(25)27-6-2)23-18-13-9-16(4)10-14-18/h7-14,19-20,23H,5-6H2,1-4H3. The second kappa shape index (κ2) is 9.76. The second-order valence-electron chi connectivity index (χ2n) is 6.38. The Kier molecular flexibility index (Phi) is 7.41. The summed E-state index contributed by atoms with van der Waals surface area (Å²) in [7, 11) is 0. The van der Waals surface area contributed by atoms with Crippen molar-refractivity contribution >= 4 is 17.6 Å². The molecule has 2 rings (SSSR count). The summed E-state index contributed by atoms with van der Waals surface area (Å²) in [6.07, 6.45) is 0. The highest BCUT2D eigenvalue weighted by atomic mass is 16.5. The van der Waals surface area contributed by atoms with Gasteiger partial charge in [0.15, 0.2) is 0 Å². The van der Waals surface area contributed by atoms with Crippen molar-refractivity contribution in [3.63, 3.8) is 0 Å². The number of anilines is 1. The van der Waals surface area contributed by atoms with Gasteiger partial charge in [-0.1, -0.05) is 47.5 Å². The molecule has 0 fully saturated rings. The van der Waals surface area contributed by atoms with Crippen LogP contribution >= 0.6 is 0 Å². The number of carbonyl (C=O) groups is 2. The molecule has 0 amide bonds. The van der Waals surface area contributed by atoms with Crippen LogP contribution in [0.3, 0.4) is 0 Å². The van der Waals surface area contributed by atoms with Crippen LogP contribution in [0.1, 0.15) is 36.5 Å². The van der Waals surface area contributed by atoms with Crippen molar-refractivity contribution in [2.24, 2.45) is 0 Å². The SMILES string of the molecule is CCOC(=O)C(Nc1ccc(C)cc1)C(C(=O)OCC)c1ccc(C)cc1. The summed E-state index contributed by atoms with van der Waals surface area (Å²) >= 11 is 0. The van der Waals surface area contributed by atoms with E-state index in [0.29, 0.717) is 5.56 Å². The lowest BCUT2D eigenvalue weighted by Gasteiger charge is -2.26. The van der Waals surface area contributed by atoms with Crippen molar-refractivity contribution in [3.8, 4) is 0 Å². The van der Waals surface area contributed by atoms with Gasteiger partial charge in [0.25, 0.3) is 0 Å². The van der Waals surface area contributed by atoms with Crippen LogP contribution in [-0.4, -0.2) is 31.2 Å². The number of nitrogens with one attached hydrogen (secondary N) is 1. The molecule has 0 aliphatic carbocycles. The Morgan fingerprint density at radius 2 is 1.30 bits per heavy atom. The zero-order valence-corrected chi connectivity index (χ0v) is 16.3. The van der Waals surface area contributed by atoms with Crippen molar-refractivity contribution in [1.29, 1.82) is 0 Å². The first-order chi connectivity index (χ1) is 13.0. The van der Waals surface area contributed by atoms with Gasteiger partial charge in [0.05, 0.1) is 13.2 Å². The number of carbonyl (C=O) groups excluding carboxylic acids is 2. The fraction of sp³-hybridized carbons (Fsp3) is 0.364. The summed E-state index contributed by atoms with van der Waals surface area (Å²) in [6, 6.07) is 14.3. The third kappa shape index (κ3) is 5.58. The molecule has 0 radical (unpaired) electrons. The Hall–Kier alpha value is -2.82. The topological polar surface area (TPSA) is 64.6 Å². The van der Waals surface area contributed by atoms with E-state index in [9.17, 15) is 9.59 Å². The predicted molar refractivity (Wildman–Crippen MR) is 106 cm³/mol. The van der Waals surface area contributed by atoms with E-state index in [1.807, 2.05) is 62.4 Å². The average Bonchev–Trinajstić information content (AvgIpc) is 2.65. The van der Waals surface area contributed by atoms with E-state index in [1.165, 1.54) is 0 Å². The van der Waals surface area contributed by atoms with Crippen LogP contribution in [0.15, 0.2) is 48.5 Å². The molecule has 0 heterocycles. The Morgan fingerprint density at radius 1 is 0.815 bits per heavy atom. The van der Waals surface area contributed by atoms with Crippen LogP contribution in [0, 0.1) is 13.8 Å². The van der Waals surface area contributed by atoms with Gasteiger partial charge in [-0.25, -0.2) is 4.79 Å².